The fourth-order valence-electron chi connectivity index (χ4n) is 3.73. The molecule has 5 heteroatoms. The largest absolute Gasteiger partial charge is 0.548 e. The molecular formula is C25H21ClNO3-. The van der Waals surface area contributed by atoms with E-state index in [1.54, 1.807) is 38.1 Å². The number of carboxylic acids is 1. The normalized spacial score (nSPS) is 13.1. The molecule has 3 aromatic rings. The Bertz CT molecular complexity index is 1070. The molecule has 0 aliphatic heterocycles. The molecule has 0 heterocycles. The monoisotopic (exact) mass is 418 g/mol. The van der Waals surface area contributed by atoms with Crippen molar-refractivity contribution in [2.75, 3.05) is 0 Å². The minimum Gasteiger partial charge on any atom is -0.548 e. The Labute approximate surface area is 181 Å². The molecule has 0 bridgehead atoms. The van der Waals surface area contributed by atoms with E-state index in [9.17, 15) is 15.2 Å². The Hall–Kier alpha value is -3.29. The Kier molecular flexibility index (Phi) is 6.14. The topological polar surface area (TPSA) is 73.1 Å². The van der Waals surface area contributed by atoms with Crippen molar-refractivity contribution in [3.8, 4) is 17.6 Å². The van der Waals surface area contributed by atoms with Crippen LogP contribution in [0.4, 0.5) is 0 Å². The molecule has 0 amide bonds. The van der Waals surface area contributed by atoms with Crippen molar-refractivity contribution in [3.05, 3.63) is 95.0 Å². The number of carbonyl (C=O) groups excluding carboxylic acids is 1. The van der Waals surface area contributed by atoms with Gasteiger partial charge in [-0.2, -0.15) is 5.26 Å². The number of halogens is 1. The van der Waals surface area contributed by atoms with E-state index in [1.807, 2.05) is 60.7 Å². The first-order valence-electron chi connectivity index (χ1n) is 9.49. The van der Waals surface area contributed by atoms with E-state index in [4.69, 9.17) is 16.3 Å². The molecule has 0 aliphatic carbocycles. The molecule has 152 valence electrons. The van der Waals surface area contributed by atoms with Crippen molar-refractivity contribution in [3.63, 3.8) is 0 Å². The van der Waals surface area contributed by atoms with Gasteiger partial charge < -0.3 is 14.6 Å². The molecule has 0 spiro atoms. The van der Waals surface area contributed by atoms with Crippen molar-refractivity contribution in [1.82, 2.24) is 0 Å². The number of hydrogen-bond donors (Lipinski definition) is 0. The molecule has 1 unspecified atom stereocenters. The van der Waals surface area contributed by atoms with Crippen LogP contribution < -0.4 is 9.84 Å². The Balaban J connectivity index is 1.95. The number of carbonyl (C=O) groups is 1. The van der Waals surface area contributed by atoms with Gasteiger partial charge in [-0.25, -0.2) is 0 Å². The third-order valence-electron chi connectivity index (χ3n) is 5.29. The van der Waals surface area contributed by atoms with Gasteiger partial charge in [-0.3, -0.25) is 0 Å². The Morgan fingerprint density at radius 2 is 1.63 bits per heavy atom. The third kappa shape index (κ3) is 4.17. The van der Waals surface area contributed by atoms with Crippen molar-refractivity contribution in [2.24, 2.45) is 5.41 Å². The SMILES string of the molecule is CC(C)(Cc1cccc(Oc2ccccc2)c1)C(C#N)(C(=O)[O-])c1ccc(Cl)cc1. The lowest BCUT2D eigenvalue weighted by atomic mass is 9.60. The number of nitrogens with zero attached hydrogens (tertiary/aromatic N) is 1. The van der Waals surface area contributed by atoms with E-state index in [-0.39, 0.29) is 0 Å². The molecule has 4 nitrogen and oxygen atoms in total. The van der Waals surface area contributed by atoms with Crippen molar-refractivity contribution in [1.29, 1.82) is 5.26 Å². The van der Waals surface area contributed by atoms with Crippen LogP contribution in [-0.4, -0.2) is 5.97 Å². The number of benzene rings is 3. The zero-order chi connectivity index (χ0) is 21.8. The van der Waals surface area contributed by atoms with Gasteiger partial charge in [0.15, 0.2) is 0 Å². The van der Waals surface area contributed by atoms with Crippen LogP contribution in [0.2, 0.25) is 5.02 Å². The average molecular weight is 419 g/mol. The summed E-state index contributed by atoms with van der Waals surface area (Å²) in [6, 6.07) is 25.1. The predicted octanol–water partition coefficient (Wildman–Crippen LogP) is 4.91. The zero-order valence-electron chi connectivity index (χ0n) is 16.8. The van der Waals surface area contributed by atoms with Crippen molar-refractivity contribution < 1.29 is 14.6 Å². The second kappa shape index (κ2) is 8.61. The van der Waals surface area contributed by atoms with Crippen LogP contribution in [0.5, 0.6) is 11.5 Å². The molecule has 0 saturated carbocycles. The van der Waals surface area contributed by atoms with Crippen LogP contribution in [0.3, 0.4) is 0 Å². The molecule has 0 saturated heterocycles. The van der Waals surface area contributed by atoms with Gasteiger partial charge in [-0.15, -0.1) is 0 Å². The molecule has 0 fully saturated rings. The Morgan fingerprint density at radius 1 is 1.00 bits per heavy atom. The van der Waals surface area contributed by atoms with Crippen LogP contribution in [-0.2, 0) is 16.6 Å². The summed E-state index contributed by atoms with van der Waals surface area (Å²) >= 11 is 5.95. The van der Waals surface area contributed by atoms with Gasteiger partial charge in [0.1, 0.15) is 16.9 Å². The first-order valence-corrected chi connectivity index (χ1v) is 9.87. The Morgan fingerprint density at radius 3 is 2.23 bits per heavy atom. The fourth-order valence-corrected chi connectivity index (χ4v) is 3.86. The highest BCUT2D eigenvalue weighted by molar-refractivity contribution is 6.30. The highest BCUT2D eigenvalue weighted by Crippen LogP contribution is 2.44. The van der Waals surface area contributed by atoms with Crippen molar-refractivity contribution in [2.45, 2.75) is 25.7 Å². The minimum atomic E-state index is -1.85. The summed E-state index contributed by atoms with van der Waals surface area (Å²) in [7, 11) is 0. The first-order chi connectivity index (χ1) is 14.3. The van der Waals surface area contributed by atoms with E-state index < -0.39 is 16.8 Å². The smallest absolute Gasteiger partial charge is 0.127 e. The van der Waals surface area contributed by atoms with Gasteiger partial charge in [0.25, 0.3) is 0 Å². The van der Waals surface area contributed by atoms with E-state index in [2.05, 4.69) is 0 Å². The number of aliphatic carboxylic acids is 1. The number of rotatable bonds is 7. The molecule has 0 aromatic heterocycles. The quantitative estimate of drug-likeness (QED) is 0.546. The second-order valence-corrected chi connectivity index (χ2v) is 8.22. The van der Waals surface area contributed by atoms with Crippen LogP contribution in [0.15, 0.2) is 78.9 Å². The van der Waals surface area contributed by atoms with Gasteiger partial charge in [-0.05, 0) is 59.4 Å². The lowest BCUT2D eigenvalue weighted by Crippen LogP contribution is -2.55. The average Bonchev–Trinajstić information content (AvgIpc) is 2.70. The maximum atomic E-state index is 12.3. The molecule has 0 radical (unpaired) electrons. The van der Waals surface area contributed by atoms with Crippen LogP contribution in [0.1, 0.15) is 25.0 Å². The summed E-state index contributed by atoms with van der Waals surface area (Å²) in [6.07, 6.45) is 0.323. The molecular weight excluding hydrogens is 398 g/mol. The molecule has 30 heavy (non-hydrogen) atoms. The fraction of sp³-hybridized carbons (Fsp3) is 0.200. The zero-order valence-corrected chi connectivity index (χ0v) is 17.5. The van der Waals surface area contributed by atoms with Gasteiger partial charge in [0.2, 0.25) is 0 Å². The van der Waals surface area contributed by atoms with Gasteiger partial charge in [-0.1, -0.05) is 67.9 Å². The summed E-state index contributed by atoms with van der Waals surface area (Å²) < 4.78 is 5.88. The molecule has 0 aliphatic rings. The van der Waals surface area contributed by atoms with E-state index in [0.717, 1.165) is 5.56 Å². The summed E-state index contributed by atoms with van der Waals surface area (Å²) in [4.78, 5) is 12.3. The molecule has 1 atom stereocenters. The van der Waals surface area contributed by atoms with Crippen LogP contribution in [0, 0.1) is 16.7 Å². The lowest BCUT2D eigenvalue weighted by molar-refractivity contribution is -0.315. The van der Waals surface area contributed by atoms with Gasteiger partial charge in [0.05, 0.1) is 12.0 Å². The van der Waals surface area contributed by atoms with Crippen LogP contribution in [0.25, 0.3) is 0 Å². The minimum absolute atomic E-state index is 0.323. The highest BCUT2D eigenvalue weighted by atomic mass is 35.5. The summed E-state index contributed by atoms with van der Waals surface area (Å²) in [5.74, 6) is -0.0952. The van der Waals surface area contributed by atoms with E-state index >= 15 is 0 Å². The van der Waals surface area contributed by atoms with Crippen molar-refractivity contribution >= 4 is 17.6 Å². The summed E-state index contributed by atoms with van der Waals surface area (Å²) in [5, 5.41) is 22.8. The predicted molar refractivity (Wildman–Crippen MR) is 114 cm³/mol. The summed E-state index contributed by atoms with van der Waals surface area (Å²) in [6.45, 7) is 3.51. The number of hydrogen-bond acceptors (Lipinski definition) is 4. The first kappa shape index (κ1) is 21.4. The standard InChI is InChI=1S/C25H22ClNO3/c1-24(2,25(17-27,23(28)29)19-11-13-20(26)14-12-19)16-18-7-6-10-22(15-18)30-21-8-4-3-5-9-21/h3-15H,16H2,1-2H3,(H,28,29)/p-1. The van der Waals surface area contributed by atoms with E-state index in [0.29, 0.717) is 28.5 Å². The number of nitriles is 1. The molecule has 3 rings (SSSR count). The molecule has 0 N–H and O–H groups in total. The summed E-state index contributed by atoms with van der Waals surface area (Å²) in [5.41, 5.74) is -1.65. The number of carboxylic acid groups (broad SMARTS) is 1. The highest BCUT2D eigenvalue weighted by Gasteiger charge is 2.48. The maximum absolute atomic E-state index is 12.3. The second-order valence-electron chi connectivity index (χ2n) is 7.78. The van der Waals surface area contributed by atoms with Gasteiger partial charge in [0, 0.05) is 5.02 Å². The number of para-hydroxylation sites is 1. The number of ether oxygens (including phenoxy) is 1. The van der Waals surface area contributed by atoms with Gasteiger partial charge >= 0.3 is 0 Å². The van der Waals surface area contributed by atoms with E-state index in [1.165, 1.54) is 0 Å². The third-order valence-corrected chi connectivity index (χ3v) is 5.54. The lowest BCUT2D eigenvalue weighted by Gasteiger charge is -2.43. The van der Waals surface area contributed by atoms with Crippen LogP contribution >= 0.6 is 11.6 Å². The maximum Gasteiger partial charge on any atom is 0.127 e. The molecule has 3 aromatic carbocycles.